The average Bonchev–Trinajstić information content (AvgIpc) is 3.17. The molecular weight excluding hydrogens is 452 g/mol. The highest BCUT2D eigenvalue weighted by atomic mass is 32.1. The Morgan fingerprint density at radius 3 is 2.82 bits per heavy atom. The Labute approximate surface area is 202 Å². The number of carbonyl (C=O) groups excluding carboxylic acids is 2. The van der Waals surface area contributed by atoms with Crippen molar-refractivity contribution in [2.45, 2.75) is 59.9 Å². The minimum Gasteiger partial charge on any atom is -0.462 e. The molecule has 0 fully saturated rings. The summed E-state index contributed by atoms with van der Waals surface area (Å²) in [4.78, 5) is 39.8. The first-order chi connectivity index (χ1) is 16.2. The quantitative estimate of drug-likeness (QED) is 0.528. The molecule has 1 N–H and O–H groups in total. The van der Waals surface area contributed by atoms with Gasteiger partial charge in [-0.3, -0.25) is 9.59 Å². The smallest absolute Gasteiger partial charge is 0.338 e. The van der Waals surface area contributed by atoms with Gasteiger partial charge in [0, 0.05) is 10.6 Å². The van der Waals surface area contributed by atoms with E-state index in [4.69, 9.17) is 4.74 Å². The highest BCUT2D eigenvalue weighted by Crippen LogP contribution is 2.41. The summed E-state index contributed by atoms with van der Waals surface area (Å²) in [7, 11) is 0. The molecular formula is C25H30N4O4S. The summed E-state index contributed by atoms with van der Waals surface area (Å²) in [5.74, 6) is -0.308. The molecule has 4 rings (SSSR count). The summed E-state index contributed by atoms with van der Waals surface area (Å²) in [6.45, 7) is 8.76. The van der Waals surface area contributed by atoms with Crippen LogP contribution in [0.2, 0.25) is 0 Å². The molecule has 0 radical (unpaired) electrons. The predicted octanol–water partition coefficient (Wildman–Crippen LogP) is 4.21. The first-order valence-electron chi connectivity index (χ1n) is 11.6. The maximum absolute atomic E-state index is 13.2. The number of aromatic nitrogens is 3. The number of anilines is 1. The maximum Gasteiger partial charge on any atom is 0.338 e. The van der Waals surface area contributed by atoms with Crippen molar-refractivity contribution in [3.05, 3.63) is 50.6 Å². The zero-order valence-corrected chi connectivity index (χ0v) is 20.8. The SMILES string of the molecule is CCCOC(=O)c1cccc(NC(=O)Cn2nnc3sc4c(c3c2=O)CCC(C(C)(C)C)C4)c1. The summed E-state index contributed by atoms with van der Waals surface area (Å²) in [5, 5.41) is 11.6. The van der Waals surface area contributed by atoms with Crippen LogP contribution in [0, 0.1) is 11.3 Å². The van der Waals surface area contributed by atoms with Crippen LogP contribution in [-0.4, -0.2) is 33.5 Å². The van der Waals surface area contributed by atoms with Crippen LogP contribution in [0.3, 0.4) is 0 Å². The molecule has 180 valence electrons. The van der Waals surface area contributed by atoms with Crippen LogP contribution in [-0.2, 0) is 28.9 Å². The van der Waals surface area contributed by atoms with E-state index in [0.717, 1.165) is 35.9 Å². The number of carbonyl (C=O) groups is 2. The lowest BCUT2D eigenvalue weighted by Crippen LogP contribution is -2.31. The summed E-state index contributed by atoms with van der Waals surface area (Å²) < 4.78 is 6.25. The molecule has 3 aromatic rings. The molecule has 0 aliphatic heterocycles. The first kappa shape index (κ1) is 24.1. The number of hydrogen-bond donors (Lipinski definition) is 1. The Bertz CT molecular complexity index is 1290. The van der Waals surface area contributed by atoms with Crippen molar-refractivity contribution in [1.82, 2.24) is 15.0 Å². The number of fused-ring (bicyclic) bond motifs is 3. The van der Waals surface area contributed by atoms with Crippen molar-refractivity contribution < 1.29 is 14.3 Å². The Kier molecular flexibility index (Phi) is 6.84. The molecule has 9 heteroatoms. The molecule has 2 aromatic heterocycles. The van der Waals surface area contributed by atoms with Gasteiger partial charge in [0.25, 0.3) is 5.56 Å². The third-order valence-electron chi connectivity index (χ3n) is 6.28. The second-order valence-corrected chi connectivity index (χ2v) is 10.9. The zero-order valence-electron chi connectivity index (χ0n) is 20.0. The number of hydrogen-bond acceptors (Lipinski definition) is 7. The van der Waals surface area contributed by atoms with Gasteiger partial charge in [-0.1, -0.05) is 39.0 Å². The van der Waals surface area contributed by atoms with E-state index in [1.54, 1.807) is 35.6 Å². The molecule has 1 aliphatic rings. The van der Waals surface area contributed by atoms with Gasteiger partial charge in [0.05, 0.1) is 17.6 Å². The van der Waals surface area contributed by atoms with E-state index in [1.165, 1.54) is 4.88 Å². The molecule has 8 nitrogen and oxygen atoms in total. The molecule has 1 aromatic carbocycles. The third-order valence-corrected chi connectivity index (χ3v) is 7.41. The van der Waals surface area contributed by atoms with Crippen molar-refractivity contribution in [1.29, 1.82) is 0 Å². The highest BCUT2D eigenvalue weighted by molar-refractivity contribution is 7.18. The fourth-order valence-corrected chi connectivity index (χ4v) is 5.54. The van der Waals surface area contributed by atoms with E-state index in [1.807, 2.05) is 6.92 Å². The molecule has 0 saturated heterocycles. The minimum absolute atomic E-state index is 0.210. The van der Waals surface area contributed by atoms with Gasteiger partial charge in [-0.2, -0.15) is 0 Å². The van der Waals surface area contributed by atoms with Crippen LogP contribution < -0.4 is 10.9 Å². The monoisotopic (exact) mass is 482 g/mol. The number of esters is 1. The van der Waals surface area contributed by atoms with Crippen LogP contribution >= 0.6 is 11.3 Å². The molecule has 1 atom stereocenters. The Balaban J connectivity index is 1.51. The van der Waals surface area contributed by atoms with Crippen molar-refractivity contribution in [2.75, 3.05) is 11.9 Å². The Morgan fingerprint density at radius 1 is 1.29 bits per heavy atom. The van der Waals surface area contributed by atoms with E-state index in [-0.39, 0.29) is 17.5 Å². The number of aryl methyl sites for hydroxylation is 1. The maximum atomic E-state index is 13.2. The third kappa shape index (κ3) is 5.04. The van der Waals surface area contributed by atoms with Crippen molar-refractivity contribution in [2.24, 2.45) is 11.3 Å². The lowest BCUT2D eigenvalue weighted by atomic mass is 9.72. The standard InChI is InChI=1S/C25H30N4O4S/c1-5-11-33-24(32)15-7-6-8-17(12-15)26-20(30)14-29-23(31)21-18-10-9-16(25(2,3)4)13-19(18)34-22(21)27-28-29/h6-8,12,16H,5,9-11,13-14H2,1-4H3,(H,26,30). The van der Waals surface area contributed by atoms with Crippen molar-refractivity contribution in [3.8, 4) is 0 Å². The second-order valence-electron chi connectivity index (χ2n) is 9.81. The predicted molar refractivity (Wildman–Crippen MR) is 132 cm³/mol. The largest absolute Gasteiger partial charge is 0.462 e. The van der Waals surface area contributed by atoms with Crippen molar-refractivity contribution >= 4 is 39.1 Å². The Hall–Kier alpha value is -3.07. The van der Waals surface area contributed by atoms with E-state index >= 15 is 0 Å². The van der Waals surface area contributed by atoms with Crippen LogP contribution in [0.5, 0.6) is 0 Å². The van der Waals surface area contributed by atoms with Crippen LogP contribution in [0.1, 0.15) is 61.3 Å². The van der Waals surface area contributed by atoms with Gasteiger partial charge in [0.15, 0.2) is 4.83 Å². The van der Waals surface area contributed by atoms with E-state index in [0.29, 0.717) is 34.0 Å². The van der Waals surface area contributed by atoms with Crippen LogP contribution in [0.15, 0.2) is 29.1 Å². The summed E-state index contributed by atoms with van der Waals surface area (Å²) in [6.07, 6.45) is 3.54. The number of thiophene rings is 1. The fourth-order valence-electron chi connectivity index (χ4n) is 4.31. The Morgan fingerprint density at radius 2 is 2.09 bits per heavy atom. The van der Waals surface area contributed by atoms with Crippen LogP contribution in [0.4, 0.5) is 5.69 Å². The molecule has 1 aliphatic carbocycles. The fraction of sp³-hybridized carbons (Fsp3) is 0.480. The van der Waals surface area contributed by atoms with Gasteiger partial charge in [0.1, 0.15) is 6.54 Å². The summed E-state index contributed by atoms with van der Waals surface area (Å²) >= 11 is 1.54. The second kappa shape index (κ2) is 9.66. The molecule has 0 bridgehead atoms. The number of benzene rings is 1. The molecule has 0 saturated carbocycles. The van der Waals surface area contributed by atoms with Gasteiger partial charge in [0.2, 0.25) is 5.91 Å². The molecule has 34 heavy (non-hydrogen) atoms. The number of amides is 1. The lowest BCUT2D eigenvalue weighted by molar-refractivity contribution is -0.117. The number of nitrogens with one attached hydrogen (secondary N) is 1. The van der Waals surface area contributed by atoms with Gasteiger partial charge >= 0.3 is 5.97 Å². The molecule has 1 unspecified atom stereocenters. The average molecular weight is 483 g/mol. The lowest BCUT2D eigenvalue weighted by Gasteiger charge is -2.33. The van der Waals surface area contributed by atoms with Gasteiger partial charge in [-0.05, 0) is 60.8 Å². The highest BCUT2D eigenvalue weighted by Gasteiger charge is 2.32. The zero-order chi connectivity index (χ0) is 24.5. The molecule has 2 heterocycles. The first-order valence-corrected chi connectivity index (χ1v) is 12.4. The topological polar surface area (TPSA) is 103 Å². The summed E-state index contributed by atoms with van der Waals surface area (Å²) in [5.41, 5.74) is 1.78. The van der Waals surface area contributed by atoms with Gasteiger partial charge < -0.3 is 10.1 Å². The van der Waals surface area contributed by atoms with Crippen molar-refractivity contribution in [3.63, 3.8) is 0 Å². The minimum atomic E-state index is -0.443. The van der Waals surface area contributed by atoms with E-state index in [9.17, 15) is 14.4 Å². The molecule has 0 spiro atoms. The number of ether oxygens (including phenoxy) is 1. The van der Waals surface area contributed by atoms with Crippen LogP contribution in [0.25, 0.3) is 10.2 Å². The normalized spacial score (nSPS) is 15.7. The van der Waals surface area contributed by atoms with Gasteiger partial charge in [-0.25, -0.2) is 9.48 Å². The number of nitrogens with zero attached hydrogens (tertiary/aromatic N) is 3. The van der Waals surface area contributed by atoms with E-state index < -0.39 is 11.9 Å². The van der Waals surface area contributed by atoms with Gasteiger partial charge in [-0.15, -0.1) is 16.4 Å². The number of rotatable bonds is 6. The van der Waals surface area contributed by atoms with E-state index in [2.05, 4.69) is 36.4 Å². The summed E-state index contributed by atoms with van der Waals surface area (Å²) in [6, 6.07) is 6.52. The molecule has 1 amide bonds.